The second kappa shape index (κ2) is 2.23. The molecule has 0 aromatic carbocycles. The van der Waals surface area contributed by atoms with E-state index in [9.17, 15) is 0 Å². The molecule has 0 aromatic heterocycles. The molecule has 0 saturated carbocycles. The molecule has 2 aliphatic rings. The number of thioether (sulfide) groups is 1. The molecular weight excluding hydrogens is 247 g/mol. The van der Waals surface area contributed by atoms with Gasteiger partial charge in [0.1, 0.15) is 0 Å². The maximum Gasteiger partial charge on any atom is 0.172 e. The van der Waals surface area contributed by atoms with E-state index >= 15 is 0 Å². The van der Waals surface area contributed by atoms with Crippen molar-refractivity contribution in [2.24, 2.45) is 4.99 Å². The van der Waals surface area contributed by atoms with E-state index in [1.54, 1.807) is 2.84 Å². The van der Waals surface area contributed by atoms with Crippen LogP contribution in [0.4, 0.5) is 0 Å². The topological polar surface area (TPSA) is 15.6 Å². The van der Waals surface area contributed by atoms with Gasteiger partial charge in [-0.05, 0) is 18.7 Å². The molecule has 9 heavy (non-hydrogen) atoms. The minimum absolute atomic E-state index is 0.218. The summed E-state index contributed by atoms with van der Waals surface area (Å²) in [4.78, 5) is 4.36. The number of aliphatic imine (C=N–C) groups is 1. The Morgan fingerprint density at radius 1 is 1.78 bits per heavy atom. The lowest BCUT2D eigenvalue weighted by Gasteiger charge is -2.02. The van der Waals surface area contributed by atoms with E-state index < -0.39 is 0 Å². The van der Waals surface area contributed by atoms with E-state index in [1.807, 2.05) is 11.8 Å². The minimum Gasteiger partial charge on any atom is -0.297 e. The highest BCUT2D eigenvalue weighted by molar-refractivity contribution is 14.2. The van der Waals surface area contributed by atoms with Crippen molar-refractivity contribution in [3.05, 3.63) is 0 Å². The van der Waals surface area contributed by atoms with Crippen molar-refractivity contribution in [3.8, 4) is 0 Å². The molecule has 2 nitrogen and oxygen atoms in total. The lowest BCUT2D eigenvalue weighted by Crippen LogP contribution is -2.09. The molecular formula is C5H7IN2S. The summed E-state index contributed by atoms with van der Waals surface area (Å²) < 4.78 is 4.03. The van der Waals surface area contributed by atoms with Gasteiger partial charge in [-0.15, -0.1) is 0 Å². The number of amidine groups is 1. The van der Waals surface area contributed by atoms with Crippen LogP contribution in [0.25, 0.3) is 0 Å². The summed E-state index contributed by atoms with van der Waals surface area (Å²) in [7, 11) is 0. The van der Waals surface area contributed by atoms with Crippen molar-refractivity contribution in [1.29, 1.82) is 0 Å². The van der Waals surface area contributed by atoms with Crippen LogP contribution in [0.2, 0.25) is 0 Å². The van der Waals surface area contributed by atoms with Gasteiger partial charge in [0.25, 0.3) is 0 Å². The third kappa shape index (κ3) is 1.02. The molecule has 0 aliphatic carbocycles. The Bertz CT molecular complexity index is 199. The molecule has 0 aromatic rings. The largest absolute Gasteiger partial charge is 0.297 e. The van der Waals surface area contributed by atoms with Crippen LogP contribution in [0, 0.1) is 0 Å². The third-order valence-corrected chi connectivity index (χ3v) is 5.67. The SMILES string of the molecule is CC1=IN2CCN=C2S1. The van der Waals surface area contributed by atoms with E-state index in [4.69, 9.17) is 0 Å². The predicted molar refractivity (Wildman–Crippen MR) is 51.3 cm³/mol. The lowest BCUT2D eigenvalue weighted by atomic mass is 10.7. The van der Waals surface area contributed by atoms with Crippen molar-refractivity contribution in [3.63, 3.8) is 0 Å². The van der Waals surface area contributed by atoms with E-state index in [2.05, 4.69) is 15.0 Å². The average Bonchev–Trinajstić information content (AvgIpc) is 2.22. The summed E-state index contributed by atoms with van der Waals surface area (Å²) in [5, 5.41) is 1.29. The Morgan fingerprint density at radius 3 is 3.44 bits per heavy atom. The highest BCUT2D eigenvalue weighted by atomic mass is 127. The van der Waals surface area contributed by atoms with E-state index in [-0.39, 0.29) is 21.0 Å². The zero-order valence-corrected chi connectivity index (χ0v) is 8.07. The molecule has 0 fully saturated rings. The summed E-state index contributed by atoms with van der Waals surface area (Å²) in [6.07, 6.45) is 0. The maximum atomic E-state index is 4.36. The zero-order chi connectivity index (χ0) is 6.27. The second-order valence-corrected chi connectivity index (χ2v) is 7.09. The highest BCUT2D eigenvalue weighted by Crippen LogP contribution is 2.33. The van der Waals surface area contributed by atoms with Crippen LogP contribution >= 0.6 is 32.8 Å². The van der Waals surface area contributed by atoms with Gasteiger partial charge in [0, 0.05) is 30.4 Å². The highest BCUT2D eigenvalue weighted by Gasteiger charge is 2.22. The average molecular weight is 254 g/mol. The van der Waals surface area contributed by atoms with Crippen molar-refractivity contribution >= 4 is 40.8 Å². The molecule has 0 amide bonds. The first-order valence-electron chi connectivity index (χ1n) is 2.85. The Hall–Kier alpha value is 0.420. The Kier molecular flexibility index (Phi) is 1.52. The molecule has 2 rings (SSSR count). The molecule has 0 unspecified atom stereocenters. The monoisotopic (exact) mass is 254 g/mol. The van der Waals surface area contributed by atoms with Crippen LogP contribution in [0.15, 0.2) is 4.99 Å². The van der Waals surface area contributed by atoms with Gasteiger partial charge in [0.15, 0.2) is 5.17 Å². The molecule has 0 atom stereocenters. The van der Waals surface area contributed by atoms with Gasteiger partial charge in [0.2, 0.25) is 0 Å². The van der Waals surface area contributed by atoms with Gasteiger partial charge in [-0.1, -0.05) is 0 Å². The normalized spacial score (nSPS) is 24.8. The van der Waals surface area contributed by atoms with Crippen LogP contribution in [0.3, 0.4) is 0 Å². The van der Waals surface area contributed by atoms with E-state index in [0.717, 1.165) is 6.54 Å². The fraction of sp³-hybridized carbons (Fsp3) is 0.600. The molecule has 0 bridgehead atoms. The molecule has 2 heterocycles. The molecule has 4 heteroatoms. The predicted octanol–water partition coefficient (Wildman–Crippen LogP) is 1.44. The number of hydrogen-bond donors (Lipinski definition) is 0. The second-order valence-electron chi connectivity index (χ2n) is 1.91. The summed E-state index contributed by atoms with van der Waals surface area (Å²) in [6, 6.07) is 0. The van der Waals surface area contributed by atoms with Gasteiger partial charge < -0.3 is 0 Å². The van der Waals surface area contributed by atoms with Gasteiger partial charge in [-0.3, -0.25) is 8.11 Å². The van der Waals surface area contributed by atoms with Crippen LogP contribution in [0.5, 0.6) is 0 Å². The van der Waals surface area contributed by atoms with Crippen molar-refractivity contribution in [2.45, 2.75) is 6.92 Å². The smallest absolute Gasteiger partial charge is 0.172 e. The Morgan fingerprint density at radius 2 is 2.67 bits per heavy atom. The number of nitrogens with zero attached hydrogens (tertiary/aromatic N) is 2. The molecule has 0 spiro atoms. The summed E-state index contributed by atoms with van der Waals surface area (Å²) in [6.45, 7) is 4.45. The van der Waals surface area contributed by atoms with Crippen LogP contribution < -0.4 is 0 Å². The van der Waals surface area contributed by atoms with Gasteiger partial charge in [-0.25, -0.2) is 0 Å². The quantitative estimate of drug-likeness (QED) is 0.480. The summed E-state index contributed by atoms with van der Waals surface area (Å²) in [5.41, 5.74) is 0. The lowest BCUT2D eigenvalue weighted by molar-refractivity contribution is 0.792. The van der Waals surface area contributed by atoms with Gasteiger partial charge >= 0.3 is 0 Å². The molecule has 0 saturated heterocycles. The molecule has 50 valence electrons. The van der Waals surface area contributed by atoms with Gasteiger partial charge in [0.05, 0.1) is 6.54 Å². The first-order valence-corrected chi connectivity index (χ1v) is 5.71. The molecule has 0 radical (unpaired) electrons. The van der Waals surface area contributed by atoms with E-state index in [1.165, 1.54) is 11.7 Å². The maximum absolute atomic E-state index is 4.36. The first-order chi connectivity index (χ1) is 4.36. The third-order valence-electron chi connectivity index (χ3n) is 1.20. The Labute approximate surface area is 68.8 Å². The summed E-state index contributed by atoms with van der Waals surface area (Å²) in [5.74, 6) is 0. The number of rotatable bonds is 0. The fourth-order valence-corrected chi connectivity index (χ4v) is 5.09. The van der Waals surface area contributed by atoms with Gasteiger partial charge in [-0.2, -0.15) is 0 Å². The summed E-state index contributed by atoms with van der Waals surface area (Å²) >= 11 is 2.10. The first kappa shape index (κ1) is 6.15. The molecule has 0 N–H and O–H groups in total. The number of hydrogen-bond acceptors (Lipinski definition) is 3. The molecule has 2 aliphatic heterocycles. The van der Waals surface area contributed by atoms with E-state index in [0.29, 0.717) is 0 Å². The van der Waals surface area contributed by atoms with Crippen molar-refractivity contribution < 1.29 is 0 Å². The number of fused-ring (bicyclic) bond motifs is 1. The minimum atomic E-state index is 0.218. The van der Waals surface area contributed by atoms with Crippen molar-refractivity contribution in [1.82, 2.24) is 3.11 Å². The van der Waals surface area contributed by atoms with Crippen LogP contribution in [0.1, 0.15) is 6.92 Å². The van der Waals surface area contributed by atoms with Crippen molar-refractivity contribution in [2.75, 3.05) is 13.1 Å². The Balaban J connectivity index is 2.26. The van der Waals surface area contributed by atoms with Crippen LogP contribution in [-0.2, 0) is 0 Å². The number of halogens is 1. The fourth-order valence-electron chi connectivity index (χ4n) is 0.853. The zero-order valence-electron chi connectivity index (χ0n) is 5.09. The van der Waals surface area contributed by atoms with Crippen LogP contribution in [-0.4, -0.2) is 24.2 Å². The standard InChI is InChI=1S/C5H7IN2S/c1-4-6-8-3-2-7-5(8)9-4/h2-3H2,1H3.